The molecule has 0 aromatic heterocycles. The predicted octanol–water partition coefficient (Wildman–Crippen LogP) is 5.29. The number of amides is 2. The highest BCUT2D eigenvalue weighted by Gasteiger charge is 2.36. The Morgan fingerprint density at radius 2 is 1.95 bits per heavy atom. The van der Waals surface area contributed by atoms with Gasteiger partial charge in [0, 0.05) is 41.5 Å². The molecule has 2 aliphatic rings. The molecule has 5 rings (SSSR count). The largest absolute Gasteiger partial charge is 0.366 e. The molecule has 3 N–H and O–H groups in total. The Kier molecular flexibility index (Phi) is 7.42. The summed E-state index contributed by atoms with van der Waals surface area (Å²) in [6.45, 7) is 5.36. The molecule has 3 aromatic rings. The van der Waals surface area contributed by atoms with Crippen LogP contribution in [0.5, 0.6) is 0 Å². The van der Waals surface area contributed by atoms with Gasteiger partial charge in [-0.1, -0.05) is 11.6 Å². The summed E-state index contributed by atoms with van der Waals surface area (Å²) in [6, 6.07) is 12.9. The van der Waals surface area contributed by atoms with Gasteiger partial charge in [0.15, 0.2) is 0 Å². The molecule has 2 amide bonds. The molecule has 0 spiro atoms. The number of likely N-dealkylation sites (N-methyl/N-ethyl adjacent to an activating group) is 1. The lowest BCUT2D eigenvalue weighted by Crippen LogP contribution is -2.46. The number of fused-ring (bicyclic) bond motifs is 1. The van der Waals surface area contributed by atoms with Crippen LogP contribution in [0.15, 0.2) is 53.5 Å². The fourth-order valence-electron chi connectivity index (χ4n) is 5.46. The van der Waals surface area contributed by atoms with Crippen molar-refractivity contribution in [3.8, 4) is 11.1 Å². The van der Waals surface area contributed by atoms with Gasteiger partial charge in [-0.15, -0.1) is 0 Å². The zero-order valence-corrected chi connectivity index (χ0v) is 22.9. The van der Waals surface area contributed by atoms with Crippen LogP contribution in [0.2, 0.25) is 5.02 Å². The third kappa shape index (κ3) is 5.53. The van der Waals surface area contributed by atoms with Gasteiger partial charge in [-0.3, -0.25) is 9.59 Å². The number of aliphatic imine (C=N–C) groups is 1. The lowest BCUT2D eigenvalue weighted by atomic mass is 9.91. The van der Waals surface area contributed by atoms with Gasteiger partial charge >= 0.3 is 0 Å². The quantitative estimate of drug-likeness (QED) is 0.438. The zero-order chi connectivity index (χ0) is 27.8. The van der Waals surface area contributed by atoms with E-state index < -0.39 is 17.8 Å². The number of hydrogen-bond acceptors (Lipinski definition) is 5. The van der Waals surface area contributed by atoms with Crippen molar-refractivity contribution in [2.24, 2.45) is 10.7 Å². The predicted molar refractivity (Wildman–Crippen MR) is 153 cm³/mol. The lowest BCUT2D eigenvalue weighted by Gasteiger charge is -2.36. The third-order valence-corrected chi connectivity index (χ3v) is 7.57. The maximum absolute atomic E-state index is 14.5. The Hall–Kier alpha value is -3.75. The molecular weight excluding hydrogens is 517 g/mol. The van der Waals surface area contributed by atoms with E-state index in [2.05, 4.69) is 5.32 Å². The summed E-state index contributed by atoms with van der Waals surface area (Å²) >= 11 is 6.41. The number of nitrogens with two attached hydrogens (primary N) is 1. The molecule has 0 saturated carbocycles. The molecule has 39 heavy (non-hydrogen) atoms. The van der Waals surface area contributed by atoms with Crippen LogP contribution in [0.3, 0.4) is 0 Å². The van der Waals surface area contributed by atoms with Crippen molar-refractivity contribution in [1.82, 2.24) is 10.2 Å². The smallest absolute Gasteiger partial charge is 0.250 e. The average molecular weight is 548 g/mol. The normalized spacial score (nSPS) is 18.2. The van der Waals surface area contributed by atoms with E-state index in [4.69, 9.17) is 22.3 Å². The van der Waals surface area contributed by atoms with Crippen LogP contribution in [-0.2, 0) is 4.79 Å². The molecular formula is C30H31ClFN5O2. The first-order valence-corrected chi connectivity index (χ1v) is 13.3. The van der Waals surface area contributed by atoms with Gasteiger partial charge in [0.1, 0.15) is 11.9 Å². The van der Waals surface area contributed by atoms with E-state index in [1.54, 1.807) is 17.3 Å². The Balaban J connectivity index is 1.63. The number of nitrogens with one attached hydrogen (secondary N) is 1. The standard InChI is InChI=1S/C30H31ClFN5O2/c1-17-7-21(31)13-24(8-17)37-16-35-27-9-18(2)25(19-10-20(29(33)38)12-22(32)11-19)14-26(27)28(37)30(39)36(3)15-23-5-4-6-34-23/h7-14,16,23,28,34H,4-6,15H2,1-3H3,(H2,33,38)/t23-,28-/m0/s1. The van der Waals surface area contributed by atoms with Crippen molar-refractivity contribution in [2.75, 3.05) is 25.0 Å². The SMILES string of the molecule is Cc1cc(Cl)cc(N2C=Nc3cc(C)c(-c4cc(F)cc(C(N)=O)c4)cc3[C@H]2C(=O)N(C)C[C@@H]2CCCN2)c1. The van der Waals surface area contributed by atoms with Gasteiger partial charge < -0.3 is 20.9 Å². The summed E-state index contributed by atoms with van der Waals surface area (Å²) in [5, 5.41) is 4.01. The Labute approximate surface area is 232 Å². The van der Waals surface area contributed by atoms with Crippen molar-refractivity contribution in [3.63, 3.8) is 0 Å². The summed E-state index contributed by atoms with van der Waals surface area (Å²) in [4.78, 5) is 34.3. The van der Waals surface area contributed by atoms with Crippen LogP contribution >= 0.6 is 11.6 Å². The van der Waals surface area contributed by atoms with E-state index in [0.717, 1.165) is 42.3 Å². The van der Waals surface area contributed by atoms with E-state index in [1.165, 1.54) is 6.07 Å². The molecule has 7 nitrogen and oxygen atoms in total. The minimum atomic E-state index is -0.731. The topological polar surface area (TPSA) is 91.0 Å². The number of hydrogen-bond donors (Lipinski definition) is 2. The number of carbonyl (C=O) groups is 2. The Bertz CT molecular complexity index is 1460. The van der Waals surface area contributed by atoms with Crippen LogP contribution in [0, 0.1) is 19.7 Å². The number of benzene rings is 3. The van der Waals surface area contributed by atoms with E-state index in [1.807, 2.05) is 56.1 Å². The van der Waals surface area contributed by atoms with Gasteiger partial charge in [-0.25, -0.2) is 9.38 Å². The molecule has 2 heterocycles. The van der Waals surface area contributed by atoms with Crippen molar-refractivity contribution in [3.05, 3.63) is 81.6 Å². The lowest BCUT2D eigenvalue weighted by molar-refractivity contribution is -0.131. The Morgan fingerprint density at radius 3 is 2.64 bits per heavy atom. The fraction of sp³-hybridized carbons (Fsp3) is 0.300. The molecule has 0 aliphatic carbocycles. The fourth-order valence-corrected chi connectivity index (χ4v) is 5.74. The van der Waals surface area contributed by atoms with Crippen LogP contribution in [0.1, 0.15) is 45.9 Å². The summed E-state index contributed by atoms with van der Waals surface area (Å²) in [6.07, 6.45) is 3.77. The second-order valence-electron chi connectivity index (χ2n) is 10.4. The van der Waals surface area contributed by atoms with Gasteiger partial charge in [-0.2, -0.15) is 0 Å². The molecule has 3 aromatic carbocycles. The summed E-state index contributed by atoms with van der Waals surface area (Å²) in [5.41, 5.74) is 10.6. The minimum absolute atomic E-state index is 0.0765. The number of carbonyl (C=O) groups excluding carboxylic acids is 2. The summed E-state index contributed by atoms with van der Waals surface area (Å²) in [7, 11) is 1.82. The number of nitrogens with zero attached hydrogens (tertiary/aromatic N) is 3. The first-order valence-electron chi connectivity index (χ1n) is 12.9. The summed E-state index contributed by atoms with van der Waals surface area (Å²) in [5.74, 6) is -1.38. The van der Waals surface area contributed by atoms with Crippen molar-refractivity contribution in [1.29, 1.82) is 0 Å². The molecule has 9 heteroatoms. The molecule has 1 saturated heterocycles. The maximum atomic E-state index is 14.5. The number of anilines is 1. The van der Waals surface area contributed by atoms with E-state index in [9.17, 15) is 14.0 Å². The van der Waals surface area contributed by atoms with Crippen LogP contribution in [0.4, 0.5) is 15.8 Å². The minimum Gasteiger partial charge on any atom is -0.366 e. The highest BCUT2D eigenvalue weighted by molar-refractivity contribution is 6.31. The van der Waals surface area contributed by atoms with E-state index >= 15 is 0 Å². The van der Waals surface area contributed by atoms with Crippen molar-refractivity contribution in [2.45, 2.75) is 38.8 Å². The molecule has 202 valence electrons. The molecule has 2 atom stereocenters. The number of primary amides is 1. The Morgan fingerprint density at radius 1 is 1.15 bits per heavy atom. The molecule has 1 fully saturated rings. The highest BCUT2D eigenvalue weighted by Crippen LogP contribution is 2.41. The maximum Gasteiger partial charge on any atom is 0.250 e. The van der Waals surface area contributed by atoms with Crippen LogP contribution in [-0.4, -0.2) is 49.2 Å². The molecule has 2 aliphatic heterocycles. The van der Waals surface area contributed by atoms with Crippen LogP contribution < -0.4 is 16.0 Å². The first kappa shape index (κ1) is 26.8. The van der Waals surface area contributed by atoms with Crippen LogP contribution in [0.25, 0.3) is 11.1 Å². The zero-order valence-electron chi connectivity index (χ0n) is 22.2. The highest BCUT2D eigenvalue weighted by atomic mass is 35.5. The van der Waals surface area contributed by atoms with Gasteiger partial charge in [0.25, 0.3) is 0 Å². The van der Waals surface area contributed by atoms with Gasteiger partial charge in [-0.05, 0) is 104 Å². The third-order valence-electron chi connectivity index (χ3n) is 7.35. The molecule has 0 bridgehead atoms. The number of halogens is 2. The molecule has 0 radical (unpaired) electrons. The summed E-state index contributed by atoms with van der Waals surface area (Å²) < 4.78 is 14.5. The van der Waals surface area contributed by atoms with E-state index in [-0.39, 0.29) is 17.5 Å². The first-order chi connectivity index (χ1) is 18.6. The second-order valence-corrected chi connectivity index (χ2v) is 10.8. The van der Waals surface area contributed by atoms with Crippen molar-refractivity contribution < 1.29 is 14.0 Å². The number of aryl methyl sites for hydroxylation is 2. The number of rotatable bonds is 6. The molecule has 0 unspecified atom stereocenters. The van der Waals surface area contributed by atoms with Crippen molar-refractivity contribution >= 4 is 41.1 Å². The van der Waals surface area contributed by atoms with Gasteiger partial charge in [0.2, 0.25) is 11.8 Å². The van der Waals surface area contributed by atoms with E-state index in [0.29, 0.717) is 33.9 Å². The second kappa shape index (κ2) is 10.8. The monoisotopic (exact) mass is 547 g/mol. The van der Waals surface area contributed by atoms with Gasteiger partial charge in [0.05, 0.1) is 12.0 Å². The average Bonchev–Trinajstić information content (AvgIpc) is 3.39.